The predicted molar refractivity (Wildman–Crippen MR) is 96.4 cm³/mol. The minimum absolute atomic E-state index is 0.0541. The first-order valence-electron chi connectivity index (χ1n) is 8.53. The van der Waals surface area contributed by atoms with E-state index >= 15 is 0 Å². The summed E-state index contributed by atoms with van der Waals surface area (Å²) in [6.45, 7) is 0.887. The Balaban J connectivity index is 1.56. The predicted octanol–water partition coefficient (Wildman–Crippen LogP) is 2.86. The van der Waals surface area contributed by atoms with Crippen molar-refractivity contribution < 1.29 is 18.7 Å². The molecule has 1 heterocycles. The summed E-state index contributed by atoms with van der Waals surface area (Å²) in [4.78, 5) is 26.2. The van der Waals surface area contributed by atoms with Crippen LogP contribution in [0.4, 0.5) is 10.1 Å². The molecular weight excluding hydrogens is 335 g/mol. The minimum Gasteiger partial charge on any atom is -0.497 e. The van der Waals surface area contributed by atoms with Gasteiger partial charge in [0.05, 0.1) is 18.7 Å². The second kappa shape index (κ2) is 7.99. The quantitative estimate of drug-likeness (QED) is 0.866. The van der Waals surface area contributed by atoms with Crippen LogP contribution < -0.4 is 10.1 Å². The van der Waals surface area contributed by atoms with E-state index in [2.05, 4.69) is 5.32 Å². The van der Waals surface area contributed by atoms with E-state index < -0.39 is 11.7 Å². The van der Waals surface area contributed by atoms with Crippen molar-refractivity contribution in [2.75, 3.05) is 25.5 Å². The zero-order chi connectivity index (χ0) is 18.5. The number of rotatable bonds is 6. The molecule has 26 heavy (non-hydrogen) atoms. The van der Waals surface area contributed by atoms with Crippen molar-refractivity contribution in [2.45, 2.75) is 12.8 Å². The first kappa shape index (κ1) is 17.9. The van der Waals surface area contributed by atoms with Crippen molar-refractivity contribution in [3.63, 3.8) is 0 Å². The van der Waals surface area contributed by atoms with Gasteiger partial charge >= 0.3 is 0 Å². The van der Waals surface area contributed by atoms with E-state index in [1.807, 2.05) is 24.3 Å². The van der Waals surface area contributed by atoms with Crippen molar-refractivity contribution in [3.8, 4) is 5.75 Å². The Bertz CT molecular complexity index is 809. The van der Waals surface area contributed by atoms with Gasteiger partial charge in [-0.15, -0.1) is 0 Å². The third-order valence-electron chi connectivity index (χ3n) is 4.52. The number of hydrogen-bond acceptors (Lipinski definition) is 3. The lowest BCUT2D eigenvalue weighted by Gasteiger charge is -2.17. The van der Waals surface area contributed by atoms with E-state index in [0.29, 0.717) is 19.5 Å². The van der Waals surface area contributed by atoms with Gasteiger partial charge in [0.15, 0.2) is 0 Å². The third-order valence-corrected chi connectivity index (χ3v) is 4.52. The maximum Gasteiger partial charge on any atom is 0.229 e. The van der Waals surface area contributed by atoms with Crippen LogP contribution in [0.25, 0.3) is 0 Å². The molecule has 1 unspecified atom stereocenters. The number of amides is 2. The summed E-state index contributed by atoms with van der Waals surface area (Å²) in [6, 6.07) is 13.7. The van der Waals surface area contributed by atoms with Crippen molar-refractivity contribution >= 4 is 17.5 Å². The normalized spacial score (nSPS) is 16.6. The Hall–Kier alpha value is -2.89. The molecule has 0 radical (unpaired) electrons. The highest BCUT2D eigenvalue weighted by atomic mass is 19.1. The molecular formula is C20H21FN2O3. The number of carbonyl (C=O) groups excluding carboxylic acids is 2. The molecule has 1 N–H and O–H groups in total. The molecule has 0 aromatic heterocycles. The fourth-order valence-electron chi connectivity index (χ4n) is 3.05. The lowest BCUT2D eigenvalue weighted by Crippen LogP contribution is -2.30. The lowest BCUT2D eigenvalue weighted by molar-refractivity contribution is -0.128. The van der Waals surface area contributed by atoms with E-state index in [0.717, 1.165) is 11.3 Å². The standard InChI is InChI=1S/C20H21FN2O3/c1-26-16-6-4-5-14(11-16)9-10-23-13-15(12-19(23)24)20(25)22-18-8-3-2-7-17(18)21/h2-8,11,15H,9-10,12-13H2,1H3,(H,22,25). The number of benzene rings is 2. The monoisotopic (exact) mass is 356 g/mol. The maximum atomic E-state index is 13.7. The highest BCUT2D eigenvalue weighted by molar-refractivity contribution is 5.97. The number of likely N-dealkylation sites (tertiary alicyclic amines) is 1. The van der Waals surface area contributed by atoms with Gasteiger partial charge in [-0.3, -0.25) is 9.59 Å². The molecule has 136 valence electrons. The number of halogens is 1. The third kappa shape index (κ3) is 4.20. The second-order valence-corrected chi connectivity index (χ2v) is 6.31. The fraction of sp³-hybridized carbons (Fsp3) is 0.300. The molecule has 0 aliphatic carbocycles. The summed E-state index contributed by atoms with van der Waals surface area (Å²) >= 11 is 0. The zero-order valence-electron chi connectivity index (χ0n) is 14.6. The fourth-order valence-corrected chi connectivity index (χ4v) is 3.05. The molecule has 2 aromatic rings. The topological polar surface area (TPSA) is 58.6 Å². The van der Waals surface area contributed by atoms with Gasteiger partial charge in [-0.1, -0.05) is 24.3 Å². The lowest BCUT2D eigenvalue weighted by atomic mass is 10.1. The van der Waals surface area contributed by atoms with E-state index in [9.17, 15) is 14.0 Å². The van der Waals surface area contributed by atoms with Gasteiger partial charge in [-0.2, -0.15) is 0 Å². The summed E-state index contributed by atoms with van der Waals surface area (Å²) in [6.07, 6.45) is 0.836. The Labute approximate surface area is 151 Å². The second-order valence-electron chi connectivity index (χ2n) is 6.31. The van der Waals surface area contributed by atoms with Crippen LogP contribution in [0.1, 0.15) is 12.0 Å². The number of ether oxygens (including phenoxy) is 1. The number of para-hydroxylation sites is 1. The summed E-state index contributed by atoms with van der Waals surface area (Å²) in [5, 5.41) is 2.57. The van der Waals surface area contributed by atoms with Gasteiger partial charge in [0.1, 0.15) is 11.6 Å². The number of methoxy groups -OCH3 is 1. The van der Waals surface area contributed by atoms with Gasteiger partial charge in [-0.25, -0.2) is 4.39 Å². The summed E-state index contributed by atoms with van der Waals surface area (Å²) in [7, 11) is 1.61. The Kier molecular flexibility index (Phi) is 5.51. The maximum absolute atomic E-state index is 13.7. The van der Waals surface area contributed by atoms with Gasteiger partial charge in [0.2, 0.25) is 11.8 Å². The highest BCUT2D eigenvalue weighted by Gasteiger charge is 2.34. The Morgan fingerprint density at radius 3 is 2.85 bits per heavy atom. The van der Waals surface area contributed by atoms with Crippen LogP contribution in [0, 0.1) is 11.7 Å². The Morgan fingerprint density at radius 2 is 2.08 bits per heavy atom. The van der Waals surface area contributed by atoms with Crippen molar-refractivity contribution in [2.24, 2.45) is 5.92 Å². The molecule has 2 amide bonds. The molecule has 2 aromatic carbocycles. The number of hydrogen-bond donors (Lipinski definition) is 1. The van der Waals surface area contributed by atoms with Crippen LogP contribution in [0.3, 0.4) is 0 Å². The number of anilines is 1. The van der Waals surface area contributed by atoms with Crippen molar-refractivity contribution in [1.82, 2.24) is 4.90 Å². The van der Waals surface area contributed by atoms with Crippen LogP contribution in [0.5, 0.6) is 5.75 Å². The SMILES string of the molecule is COc1cccc(CCN2CC(C(=O)Nc3ccccc3F)CC2=O)c1. The smallest absolute Gasteiger partial charge is 0.229 e. The van der Waals surface area contributed by atoms with Crippen LogP contribution in [-0.2, 0) is 16.0 Å². The number of nitrogens with one attached hydrogen (secondary N) is 1. The van der Waals surface area contributed by atoms with Gasteiger partial charge in [0, 0.05) is 19.5 Å². The van der Waals surface area contributed by atoms with Crippen molar-refractivity contribution in [1.29, 1.82) is 0 Å². The molecule has 1 aliphatic rings. The van der Waals surface area contributed by atoms with E-state index in [4.69, 9.17) is 4.74 Å². The molecule has 6 heteroatoms. The summed E-state index contributed by atoms with van der Waals surface area (Å²) in [5.74, 6) is -0.557. The first-order valence-corrected chi connectivity index (χ1v) is 8.53. The zero-order valence-corrected chi connectivity index (χ0v) is 14.6. The van der Waals surface area contributed by atoms with E-state index in [1.54, 1.807) is 24.1 Å². The molecule has 0 spiro atoms. The summed E-state index contributed by atoms with van der Waals surface area (Å²) in [5.41, 5.74) is 1.20. The van der Waals surface area contributed by atoms with Gasteiger partial charge in [-0.05, 0) is 36.2 Å². The van der Waals surface area contributed by atoms with Crippen molar-refractivity contribution in [3.05, 3.63) is 59.9 Å². The number of nitrogens with zero attached hydrogens (tertiary/aromatic N) is 1. The van der Waals surface area contributed by atoms with Crippen LogP contribution in [-0.4, -0.2) is 36.9 Å². The molecule has 0 bridgehead atoms. The van der Waals surface area contributed by atoms with Crippen LogP contribution in [0.15, 0.2) is 48.5 Å². The Morgan fingerprint density at radius 1 is 1.27 bits per heavy atom. The van der Waals surface area contributed by atoms with Crippen LogP contribution >= 0.6 is 0 Å². The van der Waals surface area contributed by atoms with E-state index in [1.165, 1.54) is 12.1 Å². The molecule has 0 saturated carbocycles. The molecule has 3 rings (SSSR count). The summed E-state index contributed by atoms with van der Waals surface area (Å²) < 4.78 is 18.9. The number of carbonyl (C=O) groups is 2. The molecule has 1 saturated heterocycles. The highest BCUT2D eigenvalue weighted by Crippen LogP contribution is 2.22. The molecule has 1 fully saturated rings. The minimum atomic E-state index is -0.486. The first-order chi connectivity index (χ1) is 12.6. The van der Waals surface area contributed by atoms with Gasteiger partial charge < -0.3 is 15.0 Å². The molecule has 1 atom stereocenters. The van der Waals surface area contributed by atoms with Crippen LogP contribution in [0.2, 0.25) is 0 Å². The van der Waals surface area contributed by atoms with Gasteiger partial charge in [0.25, 0.3) is 0 Å². The largest absolute Gasteiger partial charge is 0.497 e. The average molecular weight is 356 g/mol. The van der Waals surface area contributed by atoms with E-state index in [-0.39, 0.29) is 23.9 Å². The molecule has 1 aliphatic heterocycles. The molecule has 5 nitrogen and oxygen atoms in total. The average Bonchev–Trinajstić information content (AvgIpc) is 3.03.